The summed E-state index contributed by atoms with van der Waals surface area (Å²) in [6.07, 6.45) is 0.939. The van der Waals surface area contributed by atoms with Crippen molar-refractivity contribution in [2.75, 3.05) is 13.1 Å². The lowest BCUT2D eigenvalue weighted by atomic mass is 9.99. The molecule has 1 saturated heterocycles. The van der Waals surface area contributed by atoms with Gasteiger partial charge >= 0.3 is 0 Å². The lowest BCUT2D eigenvalue weighted by molar-refractivity contribution is -0.141. The fourth-order valence-corrected chi connectivity index (χ4v) is 1.83. The zero-order valence-corrected chi connectivity index (χ0v) is 10.6. The quantitative estimate of drug-likeness (QED) is 0.528. The normalized spacial score (nSPS) is 19.3. The molecule has 6 heteroatoms. The Morgan fingerprint density at radius 2 is 2.19 bits per heavy atom. The number of piperazine rings is 1. The first kappa shape index (κ1) is 12.9. The predicted octanol–water partition coefficient (Wildman–Crippen LogP) is 0.00790. The lowest BCUT2D eigenvalue weighted by Gasteiger charge is -2.41. The molecule has 0 aliphatic carbocycles. The maximum Gasteiger partial charge on any atom is 0.251 e. The highest BCUT2D eigenvalue weighted by Gasteiger charge is 2.41. The molecule has 0 saturated carbocycles. The Balaban J connectivity index is 2.79. The number of nitrogens with zero attached hydrogens (tertiary/aromatic N) is 1. The van der Waals surface area contributed by atoms with Crippen LogP contribution < -0.4 is 10.6 Å². The molecule has 5 nitrogen and oxygen atoms in total. The fourth-order valence-electron chi connectivity index (χ4n) is 1.44. The van der Waals surface area contributed by atoms with E-state index in [9.17, 15) is 9.59 Å². The second-order valence-corrected chi connectivity index (χ2v) is 4.64. The minimum absolute atomic E-state index is 0.119. The summed E-state index contributed by atoms with van der Waals surface area (Å²) in [6, 6.07) is 0. The van der Waals surface area contributed by atoms with Crippen molar-refractivity contribution in [3.8, 4) is 0 Å². The molecule has 2 amide bonds. The molecule has 1 fully saturated rings. The monoisotopic (exact) mass is 243 g/mol. The molecule has 0 aromatic carbocycles. The smallest absolute Gasteiger partial charge is 0.251 e. The van der Waals surface area contributed by atoms with Crippen LogP contribution in [-0.2, 0) is 9.59 Å². The predicted molar refractivity (Wildman–Crippen MR) is 64.8 cm³/mol. The molecule has 1 aliphatic heterocycles. The molecule has 0 bridgehead atoms. The van der Waals surface area contributed by atoms with Gasteiger partial charge in [0.25, 0.3) is 5.91 Å². The van der Waals surface area contributed by atoms with Crippen molar-refractivity contribution in [1.82, 2.24) is 15.5 Å². The Morgan fingerprint density at radius 1 is 1.56 bits per heavy atom. The highest BCUT2D eigenvalue weighted by Crippen LogP contribution is 2.18. The van der Waals surface area contributed by atoms with E-state index in [1.165, 1.54) is 0 Å². The van der Waals surface area contributed by atoms with Crippen LogP contribution in [0.3, 0.4) is 0 Å². The molecule has 90 valence electrons. The zero-order chi connectivity index (χ0) is 12.3. The fraction of sp³-hybridized carbons (Fsp3) is 0.700. The Kier molecular flexibility index (Phi) is 3.85. The molecule has 16 heavy (non-hydrogen) atoms. The standard InChI is InChI=1S/C10H17N3O2S/c1-4-5-11-9(16)13-6-7(14)12-8(15)10(13,2)3/h4-6H2,1-3H3,(H,11,16)(H,12,14,15). The van der Waals surface area contributed by atoms with Crippen LogP contribution in [0.25, 0.3) is 0 Å². The topological polar surface area (TPSA) is 61.4 Å². The zero-order valence-electron chi connectivity index (χ0n) is 9.79. The molecule has 0 spiro atoms. The molecular weight excluding hydrogens is 226 g/mol. The molecule has 0 atom stereocenters. The molecular formula is C10H17N3O2S. The third kappa shape index (κ3) is 2.49. The van der Waals surface area contributed by atoms with Crippen molar-refractivity contribution < 1.29 is 9.59 Å². The third-order valence-corrected chi connectivity index (χ3v) is 2.92. The van der Waals surface area contributed by atoms with Crippen molar-refractivity contribution in [2.24, 2.45) is 0 Å². The SMILES string of the molecule is CCCNC(=S)N1CC(=O)NC(=O)C1(C)C. The van der Waals surface area contributed by atoms with E-state index >= 15 is 0 Å². The number of amides is 2. The number of carbonyl (C=O) groups excluding carboxylic acids is 2. The Morgan fingerprint density at radius 3 is 2.75 bits per heavy atom. The van der Waals surface area contributed by atoms with Crippen LogP contribution in [0.4, 0.5) is 0 Å². The first-order valence-electron chi connectivity index (χ1n) is 5.29. The van der Waals surface area contributed by atoms with Gasteiger partial charge in [0.2, 0.25) is 5.91 Å². The van der Waals surface area contributed by atoms with Gasteiger partial charge in [0.1, 0.15) is 12.1 Å². The van der Waals surface area contributed by atoms with Gasteiger partial charge in [-0.2, -0.15) is 0 Å². The number of hydrogen-bond donors (Lipinski definition) is 2. The first-order chi connectivity index (χ1) is 7.39. The number of imide groups is 1. The van der Waals surface area contributed by atoms with Gasteiger partial charge in [0.15, 0.2) is 5.11 Å². The Labute approximate surface area is 101 Å². The number of rotatable bonds is 2. The third-order valence-electron chi connectivity index (χ3n) is 2.56. The number of nitrogens with one attached hydrogen (secondary N) is 2. The largest absolute Gasteiger partial charge is 0.363 e. The second-order valence-electron chi connectivity index (χ2n) is 4.25. The summed E-state index contributed by atoms with van der Waals surface area (Å²) >= 11 is 5.18. The van der Waals surface area contributed by atoms with E-state index in [1.54, 1.807) is 18.7 Å². The van der Waals surface area contributed by atoms with E-state index in [0.717, 1.165) is 13.0 Å². The molecule has 0 radical (unpaired) electrons. The van der Waals surface area contributed by atoms with E-state index in [0.29, 0.717) is 5.11 Å². The van der Waals surface area contributed by atoms with Crippen molar-refractivity contribution in [3.63, 3.8) is 0 Å². The summed E-state index contributed by atoms with van der Waals surface area (Å²) in [5, 5.41) is 5.78. The molecule has 1 heterocycles. The number of hydrogen-bond acceptors (Lipinski definition) is 3. The summed E-state index contributed by atoms with van der Waals surface area (Å²) in [7, 11) is 0. The summed E-state index contributed by atoms with van der Waals surface area (Å²) < 4.78 is 0. The van der Waals surface area contributed by atoms with Crippen molar-refractivity contribution in [3.05, 3.63) is 0 Å². The lowest BCUT2D eigenvalue weighted by Crippen LogP contribution is -2.67. The average molecular weight is 243 g/mol. The van der Waals surface area contributed by atoms with Gasteiger partial charge in [0, 0.05) is 6.54 Å². The summed E-state index contributed by atoms with van der Waals surface area (Å²) in [5.74, 6) is -0.630. The van der Waals surface area contributed by atoms with Crippen LogP contribution in [0, 0.1) is 0 Å². The van der Waals surface area contributed by atoms with Gasteiger partial charge in [-0.25, -0.2) is 0 Å². The number of thiocarbonyl (C=S) groups is 1. The van der Waals surface area contributed by atoms with E-state index in [1.807, 2.05) is 6.92 Å². The molecule has 2 N–H and O–H groups in total. The minimum Gasteiger partial charge on any atom is -0.363 e. The molecule has 0 aromatic rings. The van der Waals surface area contributed by atoms with E-state index in [-0.39, 0.29) is 18.4 Å². The summed E-state index contributed by atoms with van der Waals surface area (Å²) in [4.78, 5) is 24.6. The molecule has 0 unspecified atom stereocenters. The number of carbonyl (C=O) groups is 2. The highest BCUT2D eigenvalue weighted by atomic mass is 32.1. The highest BCUT2D eigenvalue weighted by molar-refractivity contribution is 7.80. The van der Waals surface area contributed by atoms with E-state index < -0.39 is 5.54 Å². The van der Waals surface area contributed by atoms with Crippen LogP contribution in [0.2, 0.25) is 0 Å². The Hall–Kier alpha value is -1.17. The van der Waals surface area contributed by atoms with Crippen LogP contribution in [0.5, 0.6) is 0 Å². The molecule has 1 aliphatic rings. The second kappa shape index (κ2) is 4.78. The van der Waals surface area contributed by atoms with Crippen LogP contribution in [-0.4, -0.2) is 40.5 Å². The van der Waals surface area contributed by atoms with Crippen LogP contribution in [0.15, 0.2) is 0 Å². The van der Waals surface area contributed by atoms with Crippen molar-refractivity contribution in [2.45, 2.75) is 32.7 Å². The average Bonchev–Trinajstić information content (AvgIpc) is 2.20. The molecule has 0 aromatic heterocycles. The van der Waals surface area contributed by atoms with Crippen LogP contribution in [0.1, 0.15) is 27.2 Å². The summed E-state index contributed by atoms with van der Waals surface area (Å²) in [5.41, 5.74) is -0.786. The van der Waals surface area contributed by atoms with Crippen molar-refractivity contribution >= 4 is 29.1 Å². The van der Waals surface area contributed by atoms with Gasteiger partial charge in [0.05, 0.1) is 0 Å². The molecule has 1 rings (SSSR count). The van der Waals surface area contributed by atoms with Gasteiger partial charge in [-0.3, -0.25) is 14.9 Å². The Bertz CT molecular complexity index is 328. The van der Waals surface area contributed by atoms with Gasteiger partial charge in [-0.05, 0) is 32.5 Å². The van der Waals surface area contributed by atoms with Gasteiger partial charge < -0.3 is 10.2 Å². The van der Waals surface area contributed by atoms with E-state index in [4.69, 9.17) is 12.2 Å². The maximum absolute atomic E-state index is 11.7. The first-order valence-corrected chi connectivity index (χ1v) is 5.70. The van der Waals surface area contributed by atoms with Crippen molar-refractivity contribution in [1.29, 1.82) is 0 Å². The van der Waals surface area contributed by atoms with E-state index in [2.05, 4.69) is 10.6 Å². The van der Waals surface area contributed by atoms with Crippen LogP contribution >= 0.6 is 12.2 Å². The van der Waals surface area contributed by atoms with Gasteiger partial charge in [-0.1, -0.05) is 6.92 Å². The minimum atomic E-state index is -0.786. The summed E-state index contributed by atoms with van der Waals surface area (Å²) in [6.45, 7) is 6.37. The van der Waals surface area contributed by atoms with Gasteiger partial charge in [-0.15, -0.1) is 0 Å². The maximum atomic E-state index is 11.7.